The summed E-state index contributed by atoms with van der Waals surface area (Å²) in [6.07, 6.45) is -8.26. The molecule has 0 unspecified atom stereocenters. The summed E-state index contributed by atoms with van der Waals surface area (Å²) in [6.45, 7) is 4.50. The van der Waals surface area contributed by atoms with Crippen LogP contribution in [0.4, 0.5) is 13.2 Å². The Hall–Kier alpha value is -1.91. The van der Waals surface area contributed by atoms with Gasteiger partial charge in [-0.25, -0.2) is 9.78 Å². The molecule has 2 aliphatic rings. The van der Waals surface area contributed by atoms with Crippen LogP contribution in [0.1, 0.15) is 30.2 Å². The normalized spacial score (nSPS) is 31.1. The van der Waals surface area contributed by atoms with E-state index in [0.717, 1.165) is 0 Å². The van der Waals surface area contributed by atoms with E-state index in [0.29, 0.717) is 11.3 Å². The Morgan fingerprint density at radius 1 is 1.44 bits per heavy atom. The lowest BCUT2D eigenvalue weighted by atomic mass is 9.90. The van der Waals surface area contributed by atoms with Crippen LogP contribution in [0.15, 0.2) is 6.07 Å². The molecule has 0 spiro atoms. The van der Waals surface area contributed by atoms with Crippen LogP contribution in [0.5, 0.6) is 5.88 Å². The van der Waals surface area contributed by atoms with Crippen LogP contribution in [-0.4, -0.2) is 40.9 Å². The maximum Gasteiger partial charge on any atom is 0.455 e. The number of hydrogen-bond donors (Lipinski definition) is 1. The summed E-state index contributed by atoms with van der Waals surface area (Å²) in [4.78, 5) is 15.8. The molecule has 138 valence electrons. The van der Waals surface area contributed by atoms with Gasteiger partial charge in [0.15, 0.2) is 0 Å². The Morgan fingerprint density at radius 3 is 2.72 bits per heavy atom. The molecule has 0 aromatic carbocycles. The van der Waals surface area contributed by atoms with E-state index in [4.69, 9.17) is 14.2 Å². The lowest BCUT2D eigenvalue weighted by molar-refractivity contribution is -0.474. The van der Waals surface area contributed by atoms with Crippen molar-refractivity contribution in [3.05, 3.63) is 22.9 Å². The van der Waals surface area contributed by atoms with Crippen LogP contribution < -0.4 is 4.74 Å². The summed E-state index contributed by atoms with van der Waals surface area (Å²) < 4.78 is 60.7. The number of ether oxygens (including phenoxy) is 4. The summed E-state index contributed by atoms with van der Waals surface area (Å²) >= 11 is 0. The molecule has 3 rings (SSSR count). The van der Waals surface area contributed by atoms with E-state index >= 15 is 0 Å². The van der Waals surface area contributed by atoms with E-state index in [-0.39, 0.29) is 12.2 Å². The second-order valence-corrected chi connectivity index (χ2v) is 5.89. The summed E-state index contributed by atoms with van der Waals surface area (Å²) in [5, 5.41) is 10.8. The van der Waals surface area contributed by atoms with E-state index in [1.807, 2.05) is 0 Å². The molecule has 1 N–H and O–H groups in total. The van der Waals surface area contributed by atoms with Crippen molar-refractivity contribution < 1.29 is 42.0 Å². The van der Waals surface area contributed by atoms with Crippen molar-refractivity contribution >= 4 is 5.97 Å². The topological polar surface area (TPSA) is 87.1 Å². The fraction of sp³-hybridized carbons (Fsp3) is 0.600. The monoisotopic (exact) mass is 363 g/mol. The number of carbonyl (C=O) groups excluding carboxylic acids is 1. The van der Waals surface area contributed by atoms with Crippen molar-refractivity contribution in [2.45, 2.75) is 51.2 Å². The van der Waals surface area contributed by atoms with Gasteiger partial charge in [0.2, 0.25) is 11.7 Å². The maximum atomic E-state index is 13.7. The van der Waals surface area contributed by atoms with Gasteiger partial charge in [0.1, 0.15) is 0 Å². The Kier molecular flexibility index (Phi) is 3.97. The van der Waals surface area contributed by atoms with Crippen molar-refractivity contribution in [2.24, 2.45) is 0 Å². The minimum absolute atomic E-state index is 0.0735. The quantitative estimate of drug-likeness (QED) is 0.802. The predicted octanol–water partition coefficient (Wildman–Crippen LogP) is 1.82. The minimum atomic E-state index is -5.06. The van der Waals surface area contributed by atoms with Crippen molar-refractivity contribution in [2.75, 3.05) is 6.61 Å². The van der Waals surface area contributed by atoms with Gasteiger partial charge in [0.05, 0.1) is 18.6 Å². The molecule has 2 bridgehead atoms. The van der Waals surface area contributed by atoms with Crippen LogP contribution >= 0.6 is 0 Å². The van der Waals surface area contributed by atoms with Gasteiger partial charge >= 0.3 is 17.9 Å². The average Bonchev–Trinajstić information content (AvgIpc) is 2.43. The van der Waals surface area contributed by atoms with Gasteiger partial charge in [-0.3, -0.25) is 4.74 Å². The lowest BCUT2D eigenvalue weighted by Crippen LogP contribution is -2.66. The number of rotatable bonds is 2. The first-order chi connectivity index (χ1) is 11.5. The zero-order valence-electron chi connectivity index (χ0n) is 13.6. The van der Waals surface area contributed by atoms with Crippen molar-refractivity contribution in [3.63, 3.8) is 0 Å². The molecular weight excluding hydrogens is 347 g/mol. The predicted molar refractivity (Wildman–Crippen MR) is 74.2 cm³/mol. The van der Waals surface area contributed by atoms with Crippen molar-refractivity contribution in [3.8, 4) is 5.88 Å². The Balaban J connectivity index is 2.16. The molecule has 7 nitrogen and oxygen atoms in total. The summed E-state index contributed by atoms with van der Waals surface area (Å²) in [5.41, 5.74) is 0.722. The highest BCUT2D eigenvalue weighted by Gasteiger charge is 2.71. The number of fused-ring (bicyclic) bond motifs is 4. The SMILES string of the molecule is CCOC(=O)[C@H]1O[C@]2(C(F)(F)F)C[C@](O)(O1)c1c(C)cc(C)nc1O2. The van der Waals surface area contributed by atoms with Gasteiger partial charge in [-0.15, -0.1) is 0 Å². The number of halogens is 3. The number of hydrogen-bond acceptors (Lipinski definition) is 7. The Labute approximate surface area is 140 Å². The van der Waals surface area contributed by atoms with E-state index in [9.17, 15) is 23.1 Å². The number of esters is 1. The maximum absolute atomic E-state index is 13.7. The largest absolute Gasteiger partial charge is 0.462 e. The number of aryl methyl sites for hydroxylation is 2. The third kappa shape index (κ3) is 2.74. The standard InChI is InChI=1S/C15H16F3NO6/c1-4-22-11(20)12-24-13(21)6-14(25-12,15(16,17)18)23-10-9(13)7(2)5-8(3)19-10/h5,12,21H,4,6H2,1-3H3/t12-,13+,14+/m1/s1. The van der Waals surface area contributed by atoms with Gasteiger partial charge in [0.25, 0.3) is 6.29 Å². The van der Waals surface area contributed by atoms with Gasteiger partial charge in [0, 0.05) is 5.69 Å². The molecule has 0 aliphatic carbocycles. The second kappa shape index (κ2) is 5.55. The highest BCUT2D eigenvalue weighted by atomic mass is 19.4. The highest BCUT2D eigenvalue weighted by molar-refractivity contribution is 5.73. The van der Waals surface area contributed by atoms with Crippen molar-refractivity contribution in [1.82, 2.24) is 4.98 Å². The highest BCUT2D eigenvalue weighted by Crippen LogP contribution is 2.54. The zero-order chi connectivity index (χ0) is 18.6. The van der Waals surface area contributed by atoms with Gasteiger partial charge in [-0.05, 0) is 32.4 Å². The van der Waals surface area contributed by atoms with E-state index < -0.39 is 42.3 Å². The molecule has 0 amide bonds. The number of aromatic nitrogens is 1. The van der Waals surface area contributed by atoms with Crippen LogP contribution in [0.2, 0.25) is 0 Å². The molecule has 10 heteroatoms. The van der Waals surface area contributed by atoms with E-state index in [1.54, 1.807) is 19.9 Å². The first kappa shape index (κ1) is 17.9. The van der Waals surface area contributed by atoms with Gasteiger partial charge in [-0.1, -0.05) is 0 Å². The van der Waals surface area contributed by atoms with Gasteiger partial charge in [-0.2, -0.15) is 13.2 Å². The third-order valence-corrected chi connectivity index (χ3v) is 3.95. The van der Waals surface area contributed by atoms with Crippen molar-refractivity contribution in [1.29, 1.82) is 0 Å². The number of pyridine rings is 1. The number of aliphatic hydroxyl groups is 1. The Bertz CT molecular complexity index is 724. The summed E-state index contributed by atoms with van der Waals surface area (Å²) in [6, 6.07) is 1.55. The molecule has 1 saturated heterocycles. The van der Waals surface area contributed by atoms with Crippen LogP contribution in [0, 0.1) is 13.8 Å². The molecule has 1 aromatic heterocycles. The first-order valence-corrected chi connectivity index (χ1v) is 7.50. The Morgan fingerprint density at radius 2 is 2.12 bits per heavy atom. The molecule has 0 radical (unpaired) electrons. The summed E-state index contributed by atoms with van der Waals surface area (Å²) in [5.74, 6) is -7.40. The average molecular weight is 363 g/mol. The summed E-state index contributed by atoms with van der Waals surface area (Å²) in [7, 11) is 0. The fourth-order valence-electron chi connectivity index (χ4n) is 3.02. The number of nitrogens with zero attached hydrogens (tertiary/aromatic N) is 1. The van der Waals surface area contributed by atoms with Crippen LogP contribution in [0.3, 0.4) is 0 Å². The van der Waals surface area contributed by atoms with E-state index in [1.165, 1.54) is 6.92 Å². The molecule has 0 saturated carbocycles. The third-order valence-electron chi connectivity index (χ3n) is 3.95. The molecule has 3 heterocycles. The number of carbonyl (C=O) groups is 1. The first-order valence-electron chi connectivity index (χ1n) is 7.50. The lowest BCUT2D eigenvalue weighted by Gasteiger charge is -2.50. The smallest absolute Gasteiger partial charge is 0.455 e. The van der Waals surface area contributed by atoms with Crippen LogP contribution in [0.25, 0.3) is 0 Å². The van der Waals surface area contributed by atoms with Crippen LogP contribution in [-0.2, 0) is 24.8 Å². The zero-order valence-corrected chi connectivity index (χ0v) is 13.6. The molecule has 1 aromatic rings. The number of alkyl halides is 3. The molecular formula is C15H16F3NO6. The van der Waals surface area contributed by atoms with E-state index in [2.05, 4.69) is 9.72 Å². The minimum Gasteiger partial charge on any atom is -0.462 e. The molecule has 2 aliphatic heterocycles. The fourth-order valence-corrected chi connectivity index (χ4v) is 3.02. The second-order valence-electron chi connectivity index (χ2n) is 5.89. The molecule has 1 fully saturated rings. The molecule has 3 atom stereocenters. The van der Waals surface area contributed by atoms with Gasteiger partial charge < -0.3 is 19.3 Å². The molecule has 25 heavy (non-hydrogen) atoms.